The number of aryl methyl sites for hydroxylation is 2. The predicted molar refractivity (Wildman–Crippen MR) is 162 cm³/mol. The molecule has 0 spiro atoms. The fourth-order valence-electron chi connectivity index (χ4n) is 3.75. The topological polar surface area (TPSA) is 84.1 Å². The Morgan fingerprint density at radius 2 is 1.72 bits per heavy atom. The highest BCUT2D eigenvalue weighted by atomic mass is 79.9. The van der Waals surface area contributed by atoms with Crippen LogP contribution in [-0.4, -0.2) is 26.0 Å². The maximum atomic E-state index is 8.45. The number of hydrogen-bond acceptors (Lipinski definition) is 5. The predicted octanol–water partition coefficient (Wildman–Crippen LogP) is 8.34. The van der Waals surface area contributed by atoms with Crippen molar-refractivity contribution >= 4 is 66.3 Å². The molecule has 7 nitrogen and oxygen atoms in total. The van der Waals surface area contributed by atoms with Crippen molar-refractivity contribution in [2.24, 2.45) is 4.99 Å². The summed E-state index contributed by atoms with van der Waals surface area (Å²) in [6, 6.07) is 20.9. The normalized spacial score (nSPS) is 10.9. The van der Waals surface area contributed by atoms with Crippen molar-refractivity contribution in [1.29, 1.82) is 5.26 Å². The van der Waals surface area contributed by atoms with E-state index >= 15 is 0 Å². The van der Waals surface area contributed by atoms with Gasteiger partial charge in [-0.1, -0.05) is 55.6 Å². The third-order valence-corrected chi connectivity index (χ3v) is 6.63. The number of halogens is 3. The maximum absolute atomic E-state index is 8.45. The quantitative estimate of drug-likeness (QED) is 0.134. The van der Waals surface area contributed by atoms with Crippen LogP contribution in [0.4, 0.5) is 5.69 Å². The molecule has 0 aliphatic carbocycles. The van der Waals surface area contributed by atoms with E-state index in [2.05, 4.69) is 68.9 Å². The van der Waals surface area contributed by atoms with Crippen molar-refractivity contribution in [1.82, 2.24) is 19.7 Å². The third-order valence-electron chi connectivity index (χ3n) is 5.45. The van der Waals surface area contributed by atoms with Crippen LogP contribution in [0.15, 0.2) is 80.8 Å². The van der Waals surface area contributed by atoms with Crippen molar-refractivity contribution in [3.8, 4) is 11.9 Å². The van der Waals surface area contributed by atoms with Crippen molar-refractivity contribution in [3.05, 3.63) is 120 Å². The van der Waals surface area contributed by atoms with Gasteiger partial charge in [0.2, 0.25) is 0 Å². The first-order chi connectivity index (χ1) is 18.7. The van der Waals surface area contributed by atoms with Crippen LogP contribution in [0, 0.1) is 31.8 Å². The molecule has 0 radical (unpaired) electrons. The third kappa shape index (κ3) is 7.36. The molecule has 0 fully saturated rings. The second kappa shape index (κ2) is 12.8. The molecule has 0 amide bonds. The van der Waals surface area contributed by atoms with E-state index in [-0.39, 0.29) is 0 Å². The number of fused-ring (bicyclic) bond motifs is 2. The Hall–Kier alpha value is -3.89. The Bertz CT molecular complexity index is 1760. The van der Waals surface area contributed by atoms with Crippen molar-refractivity contribution in [3.63, 3.8) is 0 Å². The molecule has 6 rings (SSSR count). The van der Waals surface area contributed by atoms with Gasteiger partial charge in [0.05, 0.1) is 36.5 Å². The molecule has 0 saturated carbocycles. The smallest absolute Gasteiger partial charge is 0.192 e. The van der Waals surface area contributed by atoms with E-state index in [1.165, 1.54) is 17.2 Å². The highest BCUT2D eigenvalue weighted by Gasteiger charge is 2.08. The molecule has 0 unspecified atom stereocenters. The zero-order chi connectivity index (χ0) is 27.9. The Labute approximate surface area is 247 Å². The summed E-state index contributed by atoms with van der Waals surface area (Å²) in [5, 5.41) is 14.2. The summed E-state index contributed by atoms with van der Waals surface area (Å²) in [6.45, 7) is 11.6. The van der Waals surface area contributed by atoms with E-state index in [1.807, 2.05) is 43.5 Å². The number of rotatable bonds is 1. The summed E-state index contributed by atoms with van der Waals surface area (Å²) in [7, 11) is 0. The summed E-state index contributed by atoms with van der Waals surface area (Å²) in [5.74, 6) is 0.666. The van der Waals surface area contributed by atoms with Gasteiger partial charge in [-0.25, -0.2) is 19.5 Å². The lowest BCUT2D eigenvalue weighted by atomic mass is 10.1. The average molecular weight is 662 g/mol. The van der Waals surface area contributed by atoms with E-state index in [4.69, 9.17) is 23.4 Å². The van der Waals surface area contributed by atoms with Crippen LogP contribution in [-0.2, 0) is 6.54 Å². The molecule has 39 heavy (non-hydrogen) atoms. The van der Waals surface area contributed by atoms with Gasteiger partial charge in [-0.05, 0) is 73.5 Å². The minimum absolute atomic E-state index is 0.372. The number of pyridine rings is 2. The highest BCUT2D eigenvalue weighted by Crippen LogP contribution is 2.24. The van der Waals surface area contributed by atoms with Crippen LogP contribution < -0.4 is 0 Å². The number of hydrogen-bond donors (Lipinski definition) is 0. The summed E-state index contributed by atoms with van der Waals surface area (Å²) < 4.78 is 3.87. The van der Waals surface area contributed by atoms with E-state index < -0.39 is 0 Å². The number of aliphatic imine (C=N–C) groups is 1. The van der Waals surface area contributed by atoms with Gasteiger partial charge in [-0.2, -0.15) is 10.4 Å². The molecule has 4 heterocycles. The SMILES string of the molecule is Brc1ccc2c(c1)CN=C2.Cc1cc(C#N)cc(Cl)n1.[C-]#[N+]c1cc(C)nc(-n2ncc3ccc(Br)cc32)c1. The molecule has 192 valence electrons. The minimum atomic E-state index is 0.372. The first kappa shape index (κ1) is 28.1. The fraction of sp³-hybridized carbons (Fsp3) is 0.103. The Balaban J connectivity index is 0.000000149. The lowest BCUT2D eigenvalue weighted by molar-refractivity contribution is 0.868. The molecule has 3 aromatic heterocycles. The molecule has 0 N–H and O–H groups in total. The Morgan fingerprint density at radius 3 is 2.46 bits per heavy atom. The average Bonchev–Trinajstić information content (AvgIpc) is 3.54. The fourth-order valence-corrected chi connectivity index (χ4v) is 4.76. The maximum Gasteiger partial charge on any atom is 0.192 e. The zero-order valence-corrected chi connectivity index (χ0v) is 24.8. The molecule has 5 aromatic rings. The Kier molecular flexibility index (Phi) is 9.21. The van der Waals surface area contributed by atoms with Gasteiger partial charge >= 0.3 is 0 Å². The van der Waals surface area contributed by atoms with E-state index in [0.717, 1.165) is 37.8 Å². The largest absolute Gasteiger partial charge is 0.288 e. The number of aromatic nitrogens is 4. The summed E-state index contributed by atoms with van der Waals surface area (Å²) in [6.07, 6.45) is 3.71. The van der Waals surface area contributed by atoms with Gasteiger partial charge in [0.25, 0.3) is 0 Å². The number of nitrogens with zero attached hydrogens (tertiary/aromatic N) is 7. The van der Waals surface area contributed by atoms with Gasteiger partial charge in [0.15, 0.2) is 5.69 Å². The lowest BCUT2D eigenvalue weighted by Gasteiger charge is -2.05. The van der Waals surface area contributed by atoms with Crippen LogP contribution in [0.1, 0.15) is 28.1 Å². The van der Waals surface area contributed by atoms with Crippen LogP contribution in [0.2, 0.25) is 5.15 Å². The molecule has 0 saturated heterocycles. The van der Waals surface area contributed by atoms with Gasteiger partial charge < -0.3 is 0 Å². The summed E-state index contributed by atoms with van der Waals surface area (Å²) in [4.78, 5) is 15.9. The van der Waals surface area contributed by atoms with Gasteiger partial charge in [0, 0.05) is 31.9 Å². The number of nitriles is 1. The molecule has 1 aliphatic rings. The van der Waals surface area contributed by atoms with Crippen LogP contribution in [0.3, 0.4) is 0 Å². The standard InChI is InChI=1S/C14H9BrN4.C8H6BrN.C7H5ClN2/c1-9-5-12(16-2)7-14(18-9)19-13-6-11(15)4-3-10(13)8-17-19;9-8-2-1-6-4-10-5-7(6)3-8;1-5-2-6(4-9)3-7(8)10-5/h3-8H,1H3;1-4H,5H2;2-3H,1H3. The van der Waals surface area contributed by atoms with Crippen LogP contribution in [0.5, 0.6) is 0 Å². The van der Waals surface area contributed by atoms with E-state index in [1.54, 1.807) is 36.0 Å². The summed E-state index contributed by atoms with van der Waals surface area (Å²) >= 11 is 12.4. The first-order valence-electron chi connectivity index (χ1n) is 11.6. The molecule has 0 atom stereocenters. The molecule has 0 bridgehead atoms. The molecular formula is C29H20Br2ClN7. The minimum Gasteiger partial charge on any atom is -0.288 e. The van der Waals surface area contributed by atoms with Crippen LogP contribution >= 0.6 is 43.5 Å². The molecule has 1 aliphatic heterocycles. The van der Waals surface area contributed by atoms with E-state index in [0.29, 0.717) is 22.2 Å². The monoisotopic (exact) mass is 659 g/mol. The summed E-state index contributed by atoms with van der Waals surface area (Å²) in [5.41, 5.74) is 6.23. The first-order valence-corrected chi connectivity index (χ1v) is 13.5. The van der Waals surface area contributed by atoms with Gasteiger partial charge in [0.1, 0.15) is 11.0 Å². The van der Waals surface area contributed by atoms with Crippen molar-refractivity contribution in [2.75, 3.05) is 0 Å². The zero-order valence-electron chi connectivity index (χ0n) is 20.9. The molecular weight excluding hydrogens is 642 g/mol. The van der Waals surface area contributed by atoms with Crippen molar-refractivity contribution < 1.29 is 0 Å². The van der Waals surface area contributed by atoms with Gasteiger partial charge in [-0.15, -0.1) is 0 Å². The molecule has 10 heteroatoms. The second-order valence-corrected chi connectivity index (χ2v) is 10.7. The van der Waals surface area contributed by atoms with Gasteiger partial charge in [-0.3, -0.25) is 4.99 Å². The molecule has 2 aromatic carbocycles. The Morgan fingerprint density at radius 1 is 0.974 bits per heavy atom. The number of benzene rings is 2. The van der Waals surface area contributed by atoms with Crippen LogP contribution in [0.25, 0.3) is 21.6 Å². The lowest BCUT2D eigenvalue weighted by Crippen LogP contribution is -2.00. The van der Waals surface area contributed by atoms with E-state index in [9.17, 15) is 0 Å². The van der Waals surface area contributed by atoms with Crippen molar-refractivity contribution in [2.45, 2.75) is 20.4 Å². The second-order valence-electron chi connectivity index (χ2n) is 8.44. The highest BCUT2D eigenvalue weighted by molar-refractivity contribution is 9.10.